The summed E-state index contributed by atoms with van der Waals surface area (Å²) in [5.74, 6) is -3.53. The van der Waals surface area contributed by atoms with Crippen molar-refractivity contribution in [1.29, 1.82) is 0 Å². The molecule has 5 rings (SSSR count). The second-order valence-corrected chi connectivity index (χ2v) is 11.0. The summed E-state index contributed by atoms with van der Waals surface area (Å²) in [6, 6.07) is 0. The van der Waals surface area contributed by atoms with Crippen LogP contribution in [0.4, 0.5) is 8.78 Å². The van der Waals surface area contributed by atoms with Crippen molar-refractivity contribution in [2.45, 2.75) is 82.4 Å². The number of allylic oxidation sites excluding steroid dienone is 4. The zero-order valence-electron chi connectivity index (χ0n) is 18.7. The van der Waals surface area contributed by atoms with Crippen LogP contribution >= 0.6 is 0 Å². The fraction of sp³-hybridized carbons (Fsp3) is 0.750. The number of halogens is 2. The van der Waals surface area contributed by atoms with Crippen LogP contribution < -0.4 is 0 Å². The first-order valence-electron chi connectivity index (χ1n) is 11.3. The predicted octanol–water partition coefficient (Wildman–Crippen LogP) is 2.37. The summed E-state index contributed by atoms with van der Waals surface area (Å²) in [5.41, 5.74) is -6.30. The van der Waals surface area contributed by atoms with Gasteiger partial charge in [0.2, 0.25) is 0 Å². The highest BCUT2D eigenvalue weighted by atomic mass is 19.1. The summed E-state index contributed by atoms with van der Waals surface area (Å²) in [4.78, 5) is 25.1. The summed E-state index contributed by atoms with van der Waals surface area (Å²) >= 11 is 0. The molecule has 176 valence electrons. The lowest BCUT2D eigenvalue weighted by molar-refractivity contribution is -0.248. The van der Waals surface area contributed by atoms with Crippen molar-refractivity contribution in [2.24, 2.45) is 22.7 Å². The zero-order valence-corrected chi connectivity index (χ0v) is 18.7. The van der Waals surface area contributed by atoms with E-state index in [9.17, 15) is 19.8 Å². The maximum atomic E-state index is 17.1. The van der Waals surface area contributed by atoms with Crippen LogP contribution in [0.2, 0.25) is 0 Å². The summed E-state index contributed by atoms with van der Waals surface area (Å²) in [7, 11) is 0. The SMILES string of the molecule is CC1(C)O[C@@H]2C[C@@H]3[C@H]4C[C@H](F)C5=CC(=O)C=C[C@]5(C)[C@]4(F)[C@@H](O)C[C@]3(C)[C@@]2(C(=O)CO)O1. The van der Waals surface area contributed by atoms with Crippen molar-refractivity contribution >= 4 is 11.6 Å². The number of hydrogen-bond donors (Lipinski definition) is 2. The first-order valence-corrected chi connectivity index (χ1v) is 11.3. The number of rotatable bonds is 2. The van der Waals surface area contributed by atoms with E-state index < -0.39 is 76.3 Å². The number of ether oxygens (including phenoxy) is 2. The molecule has 9 atom stereocenters. The van der Waals surface area contributed by atoms with Crippen molar-refractivity contribution in [3.8, 4) is 0 Å². The summed E-state index contributed by atoms with van der Waals surface area (Å²) in [6.07, 6.45) is -0.151. The molecule has 0 bridgehead atoms. The van der Waals surface area contributed by atoms with Crippen LogP contribution in [0.25, 0.3) is 0 Å². The van der Waals surface area contributed by atoms with E-state index in [2.05, 4.69) is 0 Å². The van der Waals surface area contributed by atoms with E-state index in [1.54, 1.807) is 20.8 Å². The van der Waals surface area contributed by atoms with Gasteiger partial charge in [0.15, 0.2) is 28.6 Å². The molecule has 1 aliphatic heterocycles. The molecule has 0 aromatic heterocycles. The Hall–Kier alpha value is -1.48. The molecule has 0 spiro atoms. The highest BCUT2D eigenvalue weighted by Crippen LogP contribution is 2.72. The second-order valence-electron chi connectivity index (χ2n) is 11.0. The second kappa shape index (κ2) is 6.34. The van der Waals surface area contributed by atoms with E-state index >= 15 is 8.78 Å². The molecule has 0 unspecified atom stereocenters. The number of alkyl halides is 2. The van der Waals surface area contributed by atoms with Gasteiger partial charge >= 0.3 is 0 Å². The molecule has 6 nitrogen and oxygen atoms in total. The Bertz CT molecular complexity index is 960. The normalized spacial score (nSPS) is 53.2. The van der Waals surface area contributed by atoms with E-state index in [0.717, 1.165) is 6.08 Å². The molecule has 0 radical (unpaired) electrons. The molecule has 3 saturated carbocycles. The molecule has 4 fully saturated rings. The van der Waals surface area contributed by atoms with Crippen LogP contribution in [-0.4, -0.2) is 63.8 Å². The minimum atomic E-state index is -2.24. The smallest absolute Gasteiger partial charge is 0.193 e. The van der Waals surface area contributed by atoms with Crippen molar-refractivity contribution in [3.05, 3.63) is 23.8 Å². The molecular formula is C24H30F2O6. The Balaban J connectivity index is 1.66. The standard InChI is InChI=1S/C24H30F2O6/c1-20(2)31-19-9-13-14-8-16(25)15-7-12(28)5-6-21(15,3)23(14,26)17(29)10-22(13,4)24(19,32-20)18(30)11-27/h5-7,13-14,16-17,19,27,29H,8-11H2,1-4H3/t13-,14-,16+,17+,19-,21+,22+,23-,24+/m1/s1. The zero-order chi connectivity index (χ0) is 23.5. The minimum Gasteiger partial charge on any atom is -0.390 e. The van der Waals surface area contributed by atoms with Gasteiger partial charge in [0.1, 0.15) is 12.8 Å². The maximum Gasteiger partial charge on any atom is 0.193 e. The van der Waals surface area contributed by atoms with Crippen LogP contribution in [0.3, 0.4) is 0 Å². The van der Waals surface area contributed by atoms with Gasteiger partial charge < -0.3 is 19.7 Å². The lowest BCUT2D eigenvalue weighted by atomic mass is 9.44. The molecule has 1 heterocycles. The number of aliphatic hydroxyl groups excluding tert-OH is 2. The maximum absolute atomic E-state index is 17.1. The monoisotopic (exact) mass is 452 g/mol. The third kappa shape index (κ3) is 2.32. The molecule has 0 amide bonds. The highest BCUT2D eigenvalue weighted by molar-refractivity contribution is 6.01. The molecule has 4 aliphatic carbocycles. The molecule has 5 aliphatic rings. The lowest BCUT2D eigenvalue weighted by Gasteiger charge is -2.63. The van der Waals surface area contributed by atoms with Gasteiger partial charge in [-0.1, -0.05) is 13.0 Å². The first kappa shape index (κ1) is 22.3. The topological polar surface area (TPSA) is 93.1 Å². The van der Waals surface area contributed by atoms with Gasteiger partial charge in [0.25, 0.3) is 0 Å². The number of Topliss-reactive ketones (excluding diaryl/α,β-unsaturated/α-hetero) is 1. The number of aliphatic hydroxyl groups is 2. The quantitative estimate of drug-likeness (QED) is 0.668. The number of ketones is 2. The van der Waals surface area contributed by atoms with Gasteiger partial charge in [-0.25, -0.2) is 8.78 Å². The van der Waals surface area contributed by atoms with Crippen molar-refractivity contribution in [2.75, 3.05) is 6.61 Å². The molecule has 8 heteroatoms. The summed E-state index contributed by atoms with van der Waals surface area (Å²) < 4.78 is 44.8. The molecule has 32 heavy (non-hydrogen) atoms. The van der Waals surface area contributed by atoms with Gasteiger partial charge in [-0.15, -0.1) is 0 Å². The highest BCUT2D eigenvalue weighted by Gasteiger charge is 2.80. The Morgan fingerprint density at radius 3 is 2.56 bits per heavy atom. The molecular weight excluding hydrogens is 422 g/mol. The van der Waals surface area contributed by atoms with E-state index in [-0.39, 0.29) is 24.8 Å². The molecule has 2 N–H and O–H groups in total. The average molecular weight is 452 g/mol. The summed E-state index contributed by atoms with van der Waals surface area (Å²) in [5, 5.41) is 21.1. The number of carbonyl (C=O) groups is 2. The average Bonchev–Trinajstić information content (AvgIpc) is 3.11. The van der Waals surface area contributed by atoms with Gasteiger partial charge in [-0.2, -0.15) is 0 Å². The van der Waals surface area contributed by atoms with Crippen LogP contribution in [0.15, 0.2) is 23.8 Å². The Morgan fingerprint density at radius 2 is 1.91 bits per heavy atom. The van der Waals surface area contributed by atoms with E-state index in [1.807, 2.05) is 0 Å². The van der Waals surface area contributed by atoms with E-state index in [4.69, 9.17) is 9.47 Å². The molecule has 0 aromatic rings. The van der Waals surface area contributed by atoms with E-state index in [1.165, 1.54) is 19.1 Å². The van der Waals surface area contributed by atoms with Crippen molar-refractivity contribution in [3.63, 3.8) is 0 Å². The molecule has 0 aromatic carbocycles. The van der Waals surface area contributed by atoms with Gasteiger partial charge in [-0.05, 0) is 63.7 Å². The Kier molecular flexibility index (Phi) is 4.42. The third-order valence-electron chi connectivity index (χ3n) is 9.18. The minimum absolute atomic E-state index is 0.0550. The van der Waals surface area contributed by atoms with Gasteiger partial charge in [0, 0.05) is 16.7 Å². The van der Waals surface area contributed by atoms with Crippen LogP contribution in [-0.2, 0) is 19.1 Å². The number of hydrogen-bond acceptors (Lipinski definition) is 6. The lowest BCUT2D eigenvalue weighted by Crippen LogP contribution is -2.71. The Morgan fingerprint density at radius 1 is 1.22 bits per heavy atom. The fourth-order valence-corrected chi connectivity index (χ4v) is 7.92. The van der Waals surface area contributed by atoms with Gasteiger partial charge in [0.05, 0.1) is 12.2 Å². The van der Waals surface area contributed by atoms with Crippen molar-refractivity contribution in [1.82, 2.24) is 0 Å². The molecule has 1 saturated heterocycles. The van der Waals surface area contributed by atoms with E-state index in [0.29, 0.717) is 0 Å². The number of fused-ring (bicyclic) bond motifs is 7. The first-order chi connectivity index (χ1) is 14.8. The van der Waals surface area contributed by atoms with Crippen LogP contribution in [0.1, 0.15) is 47.0 Å². The van der Waals surface area contributed by atoms with Crippen molar-refractivity contribution < 1.29 is 38.1 Å². The predicted molar refractivity (Wildman–Crippen MR) is 109 cm³/mol. The summed E-state index contributed by atoms with van der Waals surface area (Å²) in [6.45, 7) is 5.87. The van der Waals surface area contributed by atoms with Gasteiger partial charge in [-0.3, -0.25) is 9.59 Å². The number of carbonyl (C=O) groups excluding carboxylic acids is 2. The third-order valence-corrected chi connectivity index (χ3v) is 9.18. The van der Waals surface area contributed by atoms with Crippen LogP contribution in [0.5, 0.6) is 0 Å². The Labute approximate surface area is 185 Å². The largest absolute Gasteiger partial charge is 0.390 e. The van der Waals surface area contributed by atoms with Crippen LogP contribution in [0, 0.1) is 22.7 Å². The fourth-order valence-electron chi connectivity index (χ4n) is 7.92.